The van der Waals surface area contributed by atoms with E-state index in [2.05, 4.69) is 90.9 Å². The minimum atomic E-state index is -0.548. The van der Waals surface area contributed by atoms with Crippen molar-refractivity contribution in [2.24, 2.45) is 0 Å². The van der Waals surface area contributed by atoms with Crippen molar-refractivity contribution >= 4 is 86.5 Å². The lowest BCUT2D eigenvalue weighted by molar-refractivity contribution is 0.0607. The van der Waals surface area contributed by atoms with E-state index in [0.29, 0.717) is 86.0 Å². The molecule has 3 aromatic carbocycles. The van der Waals surface area contributed by atoms with Gasteiger partial charge in [0, 0.05) is 92.1 Å². The van der Waals surface area contributed by atoms with Crippen molar-refractivity contribution in [3.05, 3.63) is 116 Å². The largest absolute Gasteiger partial charge is 0.374 e. The van der Waals surface area contributed by atoms with Gasteiger partial charge in [-0.2, -0.15) is 0 Å². The van der Waals surface area contributed by atoms with Crippen molar-refractivity contribution in [3.8, 4) is 0 Å². The monoisotopic (exact) mass is 1060 g/mol. The van der Waals surface area contributed by atoms with Crippen LogP contribution in [0.3, 0.4) is 0 Å². The molecule has 0 unspecified atom stereocenters. The summed E-state index contributed by atoms with van der Waals surface area (Å²) in [6.45, 7) is 15.4. The number of benzene rings is 2. The molecule has 4 saturated heterocycles. The van der Waals surface area contributed by atoms with E-state index in [-0.39, 0.29) is 29.4 Å². The number of piperidine rings is 2. The van der Waals surface area contributed by atoms with Crippen LogP contribution >= 0.6 is 46.4 Å². The van der Waals surface area contributed by atoms with Gasteiger partial charge in [0.2, 0.25) is 0 Å². The Morgan fingerprint density at radius 1 is 0.625 bits per heavy atom. The first-order valence-electron chi connectivity index (χ1n) is 25.0. The fourth-order valence-corrected chi connectivity index (χ4v) is 12.0. The average molecular weight is 1060 g/mol. The smallest absolute Gasteiger partial charge is 0.326 e. The standard InChI is InChI=1S/C27H30Cl2FN7O2.C23H29Cl2N7O/c1-2-17-14-36(27-25(29)32-20-12-31-21-22(24(39)23(21)38)33-26(20)34-27)9-10-37(17)18-5-7-35(8-6-18)13-15-3-4-16(28)11-19(15)30;1-2-17-14-31(22-19(25)26-20-21(27-22)29-23(33)28-20)11-12-32(17)18-7-9-30(10-8-18)13-15-3-5-16(24)6-4-15/h3-4,11,17-18,31H,2,5-10,12-14H2,1H3,(H,33,34);3-6,17-18H,2,7-14H2,1H3,(H2,26,27,28,29,33)/t2*17-/m00/s1. The highest BCUT2D eigenvalue weighted by molar-refractivity contribution is 6.32. The fourth-order valence-electron chi connectivity index (χ4n) is 11.2. The number of aromatic nitrogens is 6. The molecular formula is C50H59Cl4FN14O3. The van der Waals surface area contributed by atoms with Crippen molar-refractivity contribution in [1.82, 2.24) is 49.5 Å². The Labute approximate surface area is 436 Å². The highest BCUT2D eigenvalue weighted by atomic mass is 35.5. The first-order chi connectivity index (χ1) is 34.8. The summed E-state index contributed by atoms with van der Waals surface area (Å²) in [5, 5.41) is 7.81. The highest BCUT2D eigenvalue weighted by Gasteiger charge is 2.37. The summed E-state index contributed by atoms with van der Waals surface area (Å²) in [5.41, 5.74) is 2.52. The summed E-state index contributed by atoms with van der Waals surface area (Å²) in [5.74, 6) is 1.44. The molecule has 5 aliphatic heterocycles. The SMILES string of the molecule is CC[C@H]1CN(c2nc3[nH]c(=O)[nH]c3nc2Cl)CCN1C1CCN(Cc2ccc(Cl)cc2)CC1.CC[C@H]1CN(c2nc3c(nc2Cl)CNc2c(c(=O)c2=O)N3)CCN1C1CCN(Cc2ccc(Cl)cc2F)CC1. The molecule has 22 heteroatoms. The number of fused-ring (bicyclic) bond motifs is 3. The molecule has 6 aromatic rings. The van der Waals surface area contributed by atoms with Crippen molar-refractivity contribution in [2.75, 3.05) is 85.9 Å². The number of nitrogens with zero attached hydrogens (tertiary/aromatic N) is 10. The van der Waals surface area contributed by atoms with E-state index >= 15 is 0 Å². The van der Waals surface area contributed by atoms with E-state index in [1.54, 1.807) is 12.1 Å². The molecule has 72 heavy (non-hydrogen) atoms. The van der Waals surface area contributed by atoms with Gasteiger partial charge in [0.1, 0.15) is 22.9 Å². The predicted molar refractivity (Wildman–Crippen MR) is 284 cm³/mol. The quantitative estimate of drug-likeness (QED) is 0.101. The second kappa shape index (κ2) is 21.9. The van der Waals surface area contributed by atoms with Gasteiger partial charge in [0.15, 0.2) is 39.1 Å². The number of nitrogens with one attached hydrogen (secondary N) is 4. The lowest BCUT2D eigenvalue weighted by Crippen LogP contribution is -2.58. The number of H-pyrrole nitrogens is 2. The van der Waals surface area contributed by atoms with Gasteiger partial charge in [-0.25, -0.2) is 29.1 Å². The third-order valence-corrected chi connectivity index (χ3v) is 16.2. The predicted octanol–water partition coefficient (Wildman–Crippen LogP) is 7.27. The molecular weight excluding hydrogens is 1010 g/mol. The van der Waals surface area contributed by atoms with Crippen LogP contribution in [0.25, 0.3) is 11.3 Å². The molecule has 5 aliphatic rings. The molecule has 0 spiro atoms. The molecule has 4 N–H and O–H groups in total. The molecule has 17 nitrogen and oxygen atoms in total. The molecule has 11 rings (SSSR count). The number of rotatable bonds is 10. The third kappa shape index (κ3) is 10.8. The minimum absolute atomic E-state index is 0.239. The summed E-state index contributed by atoms with van der Waals surface area (Å²) in [7, 11) is 0. The van der Waals surface area contributed by atoms with Gasteiger partial charge in [0.25, 0.3) is 10.9 Å². The van der Waals surface area contributed by atoms with Crippen LogP contribution in [0.5, 0.6) is 0 Å². The van der Waals surface area contributed by atoms with E-state index in [1.165, 1.54) is 24.5 Å². The lowest BCUT2D eigenvalue weighted by atomic mass is 9.98. The number of halogens is 5. The zero-order valence-corrected chi connectivity index (χ0v) is 43.4. The molecule has 0 amide bonds. The second-order valence-corrected chi connectivity index (χ2v) is 21.1. The van der Waals surface area contributed by atoms with Crippen molar-refractivity contribution < 1.29 is 4.39 Å². The van der Waals surface area contributed by atoms with Crippen LogP contribution < -0.4 is 37.0 Å². The van der Waals surface area contributed by atoms with Gasteiger partial charge < -0.3 is 20.4 Å². The first-order valence-corrected chi connectivity index (χ1v) is 26.5. The van der Waals surface area contributed by atoms with Gasteiger partial charge in [-0.05, 0) is 94.5 Å². The van der Waals surface area contributed by atoms with Crippen molar-refractivity contribution in [1.29, 1.82) is 0 Å². The zero-order valence-electron chi connectivity index (χ0n) is 40.4. The molecule has 382 valence electrons. The molecule has 4 fully saturated rings. The molecule has 8 heterocycles. The average Bonchev–Trinajstić information content (AvgIpc) is 3.67. The molecule has 3 aromatic heterocycles. The number of hydrogen-bond acceptors (Lipinski definition) is 15. The number of anilines is 5. The summed E-state index contributed by atoms with van der Waals surface area (Å²) >= 11 is 25.0. The van der Waals surface area contributed by atoms with Gasteiger partial charge >= 0.3 is 5.69 Å². The van der Waals surface area contributed by atoms with Crippen molar-refractivity contribution in [3.63, 3.8) is 0 Å². The number of imidazole rings is 1. The minimum Gasteiger partial charge on any atom is -0.374 e. The maximum atomic E-state index is 14.3. The zero-order chi connectivity index (χ0) is 50.2. The topological polar surface area (TPSA) is 178 Å². The third-order valence-electron chi connectivity index (χ3n) is 15.2. The van der Waals surface area contributed by atoms with E-state index in [4.69, 9.17) is 51.4 Å². The Balaban J connectivity index is 0.000000168. The van der Waals surface area contributed by atoms with Crippen LogP contribution in [-0.4, -0.2) is 139 Å². The van der Waals surface area contributed by atoms with Crippen LogP contribution in [0.4, 0.5) is 33.2 Å². The Morgan fingerprint density at radius 2 is 1.17 bits per heavy atom. The number of piperazine rings is 2. The summed E-state index contributed by atoms with van der Waals surface area (Å²) < 4.78 is 14.3. The summed E-state index contributed by atoms with van der Waals surface area (Å²) in [6.07, 6.45) is 6.48. The fraction of sp³-hybridized carbons (Fsp3) is 0.500. The number of hydrogen-bond donors (Lipinski definition) is 4. The van der Waals surface area contributed by atoms with E-state index in [1.807, 2.05) is 12.1 Å². The Hall–Kier alpha value is -4.92. The Morgan fingerprint density at radius 3 is 1.76 bits per heavy atom. The van der Waals surface area contributed by atoms with Gasteiger partial charge in [0.05, 0.1) is 6.54 Å². The Kier molecular flexibility index (Phi) is 15.4. The maximum absolute atomic E-state index is 14.3. The van der Waals surface area contributed by atoms with E-state index in [9.17, 15) is 18.8 Å². The van der Waals surface area contributed by atoms with E-state index in [0.717, 1.165) is 103 Å². The van der Waals surface area contributed by atoms with Gasteiger partial charge in [-0.1, -0.05) is 78.5 Å². The van der Waals surface area contributed by atoms with Gasteiger partial charge in [-0.15, -0.1) is 0 Å². The van der Waals surface area contributed by atoms with E-state index < -0.39 is 10.9 Å². The van der Waals surface area contributed by atoms with Crippen LogP contribution in [-0.2, 0) is 19.6 Å². The van der Waals surface area contributed by atoms with Crippen LogP contribution in [0.15, 0.2) is 56.8 Å². The number of aromatic amines is 2. The molecule has 0 bridgehead atoms. The van der Waals surface area contributed by atoms with Crippen LogP contribution in [0, 0.1) is 5.82 Å². The van der Waals surface area contributed by atoms with Crippen LogP contribution in [0.2, 0.25) is 20.4 Å². The molecule has 0 saturated carbocycles. The summed E-state index contributed by atoms with van der Waals surface area (Å²) in [4.78, 5) is 73.5. The highest BCUT2D eigenvalue weighted by Crippen LogP contribution is 2.35. The second-order valence-electron chi connectivity index (χ2n) is 19.5. The molecule has 2 atom stereocenters. The summed E-state index contributed by atoms with van der Waals surface area (Å²) in [6, 6.07) is 14.9. The first kappa shape index (κ1) is 50.6. The maximum Gasteiger partial charge on any atom is 0.326 e. The van der Waals surface area contributed by atoms with Crippen molar-refractivity contribution in [2.45, 2.75) is 96.2 Å². The normalized spacial score (nSPS) is 20.9. The van der Waals surface area contributed by atoms with Crippen LogP contribution in [0.1, 0.15) is 69.2 Å². The Bertz CT molecular complexity index is 3030. The molecule has 0 aliphatic carbocycles. The molecule has 0 radical (unpaired) electrons. The van der Waals surface area contributed by atoms with Gasteiger partial charge in [-0.3, -0.25) is 39.2 Å². The number of likely N-dealkylation sites (tertiary alicyclic amines) is 2. The lowest BCUT2D eigenvalue weighted by Gasteiger charge is -2.47.